The van der Waals surface area contributed by atoms with Crippen LogP contribution in [0.2, 0.25) is 0 Å². The lowest BCUT2D eigenvalue weighted by atomic mass is 10.1. The molecule has 0 spiro atoms. The van der Waals surface area contributed by atoms with Crippen LogP contribution in [0.25, 0.3) is 0 Å². The van der Waals surface area contributed by atoms with E-state index >= 15 is 0 Å². The highest BCUT2D eigenvalue weighted by molar-refractivity contribution is 5.96. The van der Waals surface area contributed by atoms with E-state index in [9.17, 15) is 19.5 Å². The minimum Gasteiger partial charge on any atom is -0.497 e. The van der Waals surface area contributed by atoms with Crippen molar-refractivity contribution in [3.8, 4) is 5.75 Å². The molecule has 1 aromatic rings. The van der Waals surface area contributed by atoms with E-state index in [1.807, 2.05) is 0 Å². The standard InChI is InChI=1S/C16H23N3O5/c1-24-12-7-5-11(6-8-12)15(21)19-13(16(22)23)4-2-3-9-18-14(20)10-17/h5-8,13H,2-4,9-10,17H2,1H3,(H,18,20)(H,19,21)(H,22,23)/t13-/m0/s1. The second kappa shape index (κ2) is 10.2. The normalized spacial score (nSPS) is 11.4. The van der Waals surface area contributed by atoms with Gasteiger partial charge in [0, 0.05) is 12.1 Å². The van der Waals surface area contributed by atoms with Gasteiger partial charge in [-0.1, -0.05) is 0 Å². The highest BCUT2D eigenvalue weighted by Crippen LogP contribution is 2.11. The average molecular weight is 337 g/mol. The molecule has 0 radical (unpaired) electrons. The van der Waals surface area contributed by atoms with Crippen LogP contribution in [0.3, 0.4) is 0 Å². The molecule has 0 unspecified atom stereocenters. The van der Waals surface area contributed by atoms with Gasteiger partial charge < -0.3 is 26.2 Å². The zero-order valence-corrected chi connectivity index (χ0v) is 13.6. The number of hydrogen-bond donors (Lipinski definition) is 4. The largest absolute Gasteiger partial charge is 0.497 e. The molecule has 0 fully saturated rings. The molecule has 8 heteroatoms. The van der Waals surface area contributed by atoms with Crippen molar-refractivity contribution in [3.05, 3.63) is 29.8 Å². The monoisotopic (exact) mass is 337 g/mol. The molecule has 0 bridgehead atoms. The van der Waals surface area contributed by atoms with Gasteiger partial charge in [-0.3, -0.25) is 9.59 Å². The number of nitrogens with one attached hydrogen (secondary N) is 2. The van der Waals surface area contributed by atoms with Crippen LogP contribution in [-0.2, 0) is 9.59 Å². The SMILES string of the molecule is COc1ccc(C(=O)N[C@@H](CCCCNC(=O)CN)C(=O)O)cc1. The maximum Gasteiger partial charge on any atom is 0.326 e. The van der Waals surface area contributed by atoms with Gasteiger partial charge in [0.15, 0.2) is 0 Å². The van der Waals surface area contributed by atoms with Gasteiger partial charge in [-0.05, 0) is 43.5 Å². The van der Waals surface area contributed by atoms with Crippen LogP contribution in [-0.4, -0.2) is 49.1 Å². The fraction of sp³-hybridized carbons (Fsp3) is 0.438. The molecule has 0 aromatic heterocycles. The van der Waals surface area contributed by atoms with Gasteiger partial charge in [0.05, 0.1) is 13.7 Å². The Morgan fingerprint density at radius 1 is 1.21 bits per heavy atom. The first kappa shape index (κ1) is 19.4. The predicted molar refractivity (Wildman–Crippen MR) is 87.8 cm³/mol. The summed E-state index contributed by atoms with van der Waals surface area (Å²) >= 11 is 0. The van der Waals surface area contributed by atoms with Gasteiger partial charge in [-0.15, -0.1) is 0 Å². The molecule has 1 atom stereocenters. The molecule has 0 saturated heterocycles. The number of methoxy groups -OCH3 is 1. The molecule has 0 saturated carbocycles. The second-order valence-electron chi connectivity index (χ2n) is 5.14. The first-order chi connectivity index (χ1) is 11.5. The van der Waals surface area contributed by atoms with Crippen molar-refractivity contribution in [2.24, 2.45) is 5.73 Å². The summed E-state index contributed by atoms with van der Waals surface area (Å²) in [5.41, 5.74) is 5.52. The number of unbranched alkanes of at least 4 members (excludes halogenated alkanes) is 1. The molecule has 0 aliphatic rings. The number of benzene rings is 1. The highest BCUT2D eigenvalue weighted by Gasteiger charge is 2.20. The first-order valence-corrected chi connectivity index (χ1v) is 7.62. The summed E-state index contributed by atoms with van der Waals surface area (Å²) in [7, 11) is 1.52. The third-order valence-corrected chi connectivity index (χ3v) is 3.38. The summed E-state index contributed by atoms with van der Waals surface area (Å²) in [5.74, 6) is -1.19. The fourth-order valence-corrected chi connectivity index (χ4v) is 2.01. The van der Waals surface area contributed by atoms with Crippen molar-refractivity contribution in [1.82, 2.24) is 10.6 Å². The number of rotatable bonds is 10. The summed E-state index contributed by atoms with van der Waals surface area (Å²) in [5, 5.41) is 14.3. The quantitative estimate of drug-likeness (QED) is 0.449. The predicted octanol–water partition coefficient (Wildman–Crippen LogP) is 0.123. The maximum absolute atomic E-state index is 12.1. The lowest BCUT2D eigenvalue weighted by Gasteiger charge is -2.14. The summed E-state index contributed by atoms with van der Waals surface area (Å²) in [6.45, 7) is 0.352. The molecule has 132 valence electrons. The number of carbonyl (C=O) groups excluding carboxylic acids is 2. The Kier molecular flexibility index (Phi) is 8.28. The number of amides is 2. The Labute approximate surface area is 140 Å². The molecule has 2 amide bonds. The van der Waals surface area contributed by atoms with Crippen LogP contribution in [0.1, 0.15) is 29.6 Å². The number of carboxylic acids is 1. The van der Waals surface area contributed by atoms with Crippen LogP contribution in [0.4, 0.5) is 0 Å². The molecule has 8 nitrogen and oxygen atoms in total. The van der Waals surface area contributed by atoms with Crippen molar-refractivity contribution in [3.63, 3.8) is 0 Å². The number of ether oxygens (including phenoxy) is 1. The van der Waals surface area contributed by atoms with Gasteiger partial charge in [0.2, 0.25) is 5.91 Å². The van der Waals surface area contributed by atoms with Crippen molar-refractivity contribution in [1.29, 1.82) is 0 Å². The van der Waals surface area contributed by atoms with Crippen molar-refractivity contribution >= 4 is 17.8 Å². The van der Waals surface area contributed by atoms with Gasteiger partial charge in [0.25, 0.3) is 5.91 Å². The highest BCUT2D eigenvalue weighted by atomic mass is 16.5. The molecule has 24 heavy (non-hydrogen) atoms. The molecule has 1 aromatic carbocycles. The van der Waals surface area contributed by atoms with E-state index in [1.54, 1.807) is 24.3 Å². The summed E-state index contributed by atoms with van der Waals surface area (Å²) in [6, 6.07) is 5.41. The van der Waals surface area contributed by atoms with Gasteiger partial charge in [0.1, 0.15) is 11.8 Å². The summed E-state index contributed by atoms with van der Waals surface area (Å²) < 4.78 is 5.01. The third kappa shape index (κ3) is 6.66. The van der Waals surface area contributed by atoms with E-state index in [0.717, 1.165) is 0 Å². The van der Waals surface area contributed by atoms with Crippen molar-refractivity contribution < 1.29 is 24.2 Å². The van der Waals surface area contributed by atoms with Gasteiger partial charge >= 0.3 is 5.97 Å². The zero-order chi connectivity index (χ0) is 17.9. The minimum atomic E-state index is -1.09. The minimum absolute atomic E-state index is 0.0737. The average Bonchev–Trinajstić information content (AvgIpc) is 2.59. The van der Waals surface area contributed by atoms with E-state index in [-0.39, 0.29) is 18.9 Å². The molecule has 0 aliphatic carbocycles. The van der Waals surface area contributed by atoms with E-state index in [2.05, 4.69) is 10.6 Å². The molecular formula is C16H23N3O5. The number of aliphatic carboxylic acids is 1. The summed E-state index contributed by atoms with van der Waals surface area (Å²) in [6.07, 6.45) is 1.42. The van der Waals surface area contributed by atoms with Crippen LogP contribution in [0, 0.1) is 0 Å². The summed E-state index contributed by atoms with van der Waals surface area (Å²) in [4.78, 5) is 34.3. The van der Waals surface area contributed by atoms with Gasteiger partial charge in [-0.25, -0.2) is 4.79 Å². The second-order valence-corrected chi connectivity index (χ2v) is 5.14. The zero-order valence-electron chi connectivity index (χ0n) is 13.6. The molecule has 5 N–H and O–H groups in total. The fourth-order valence-electron chi connectivity index (χ4n) is 2.01. The molecular weight excluding hydrogens is 314 g/mol. The van der Waals surface area contributed by atoms with Crippen LogP contribution >= 0.6 is 0 Å². The molecule has 0 aliphatic heterocycles. The number of nitrogens with two attached hydrogens (primary N) is 1. The Morgan fingerprint density at radius 3 is 2.42 bits per heavy atom. The van der Waals surface area contributed by atoms with Crippen molar-refractivity contribution in [2.75, 3.05) is 20.2 Å². The number of carboxylic acid groups (broad SMARTS) is 1. The third-order valence-electron chi connectivity index (χ3n) is 3.38. The van der Waals surface area contributed by atoms with E-state index < -0.39 is 17.9 Å². The smallest absolute Gasteiger partial charge is 0.326 e. The lowest BCUT2D eigenvalue weighted by Crippen LogP contribution is -2.40. The Morgan fingerprint density at radius 2 is 1.88 bits per heavy atom. The number of hydrogen-bond acceptors (Lipinski definition) is 5. The number of carbonyl (C=O) groups is 3. The maximum atomic E-state index is 12.1. The van der Waals surface area contributed by atoms with Crippen molar-refractivity contribution in [2.45, 2.75) is 25.3 Å². The first-order valence-electron chi connectivity index (χ1n) is 7.62. The van der Waals surface area contributed by atoms with Crippen LogP contribution in [0.5, 0.6) is 5.75 Å². The molecule has 1 rings (SSSR count). The Bertz CT molecular complexity index is 559. The Balaban J connectivity index is 2.45. The van der Waals surface area contributed by atoms with Gasteiger partial charge in [-0.2, -0.15) is 0 Å². The van der Waals surface area contributed by atoms with E-state index in [4.69, 9.17) is 10.5 Å². The van der Waals surface area contributed by atoms with E-state index in [1.165, 1.54) is 7.11 Å². The topological polar surface area (TPSA) is 131 Å². The van der Waals surface area contributed by atoms with Crippen LogP contribution < -0.4 is 21.1 Å². The Hall–Kier alpha value is -2.61. The van der Waals surface area contributed by atoms with E-state index in [0.29, 0.717) is 30.7 Å². The lowest BCUT2D eigenvalue weighted by molar-refractivity contribution is -0.139. The van der Waals surface area contributed by atoms with Crippen LogP contribution in [0.15, 0.2) is 24.3 Å². The molecule has 0 heterocycles.